The summed E-state index contributed by atoms with van der Waals surface area (Å²) in [7, 11) is 0. The second-order valence-electron chi connectivity index (χ2n) is 6.52. The third kappa shape index (κ3) is 4.71. The molecule has 1 heterocycles. The number of carbonyl (C=O) groups is 2. The fourth-order valence-electron chi connectivity index (χ4n) is 2.26. The average molecular weight is 326 g/mol. The predicted octanol–water partition coefficient (Wildman–Crippen LogP) is 1.74. The zero-order valence-corrected chi connectivity index (χ0v) is 14.3. The molecule has 1 aromatic carbocycles. The molecule has 0 fully saturated rings. The van der Waals surface area contributed by atoms with Crippen molar-refractivity contribution in [3.8, 4) is 0 Å². The minimum atomic E-state index is -0.567. The van der Waals surface area contributed by atoms with Gasteiger partial charge in [0, 0.05) is 24.2 Å². The minimum Gasteiger partial charge on any atom is -0.350 e. The van der Waals surface area contributed by atoms with Crippen LogP contribution in [0.4, 0.5) is 0 Å². The molecule has 1 aromatic rings. The lowest BCUT2D eigenvalue weighted by atomic mass is 10.1. The van der Waals surface area contributed by atoms with E-state index in [1.165, 1.54) is 5.56 Å². The van der Waals surface area contributed by atoms with Gasteiger partial charge in [0.2, 0.25) is 5.91 Å². The van der Waals surface area contributed by atoms with E-state index in [9.17, 15) is 9.59 Å². The Bertz CT molecular complexity index is 567. The Balaban J connectivity index is 0.00000242. The van der Waals surface area contributed by atoms with E-state index in [2.05, 4.69) is 16.0 Å². The molecule has 3 N–H and O–H groups in total. The van der Waals surface area contributed by atoms with Gasteiger partial charge >= 0.3 is 0 Å². The normalized spacial score (nSPS) is 14.5. The first kappa shape index (κ1) is 18.5. The van der Waals surface area contributed by atoms with Crippen LogP contribution >= 0.6 is 12.4 Å². The number of halogens is 1. The maximum absolute atomic E-state index is 12.2. The van der Waals surface area contributed by atoms with Gasteiger partial charge < -0.3 is 16.0 Å². The van der Waals surface area contributed by atoms with E-state index in [1.807, 2.05) is 32.9 Å². The van der Waals surface area contributed by atoms with E-state index >= 15 is 0 Å². The van der Waals surface area contributed by atoms with E-state index in [0.29, 0.717) is 5.56 Å². The van der Waals surface area contributed by atoms with Crippen molar-refractivity contribution in [2.75, 3.05) is 0 Å². The molecule has 1 unspecified atom stereocenters. The smallest absolute Gasteiger partial charge is 0.251 e. The largest absolute Gasteiger partial charge is 0.350 e. The van der Waals surface area contributed by atoms with Crippen LogP contribution in [0.2, 0.25) is 0 Å². The lowest BCUT2D eigenvalue weighted by Gasteiger charge is -2.23. The van der Waals surface area contributed by atoms with Gasteiger partial charge in [-0.3, -0.25) is 9.59 Å². The molecule has 0 aliphatic carbocycles. The molecule has 0 spiro atoms. The number of hydrogen-bond acceptors (Lipinski definition) is 3. The molecule has 0 radical (unpaired) electrons. The van der Waals surface area contributed by atoms with E-state index in [0.717, 1.165) is 18.7 Å². The molecular weight excluding hydrogens is 302 g/mol. The van der Waals surface area contributed by atoms with Crippen molar-refractivity contribution in [1.82, 2.24) is 16.0 Å². The molecule has 1 aliphatic rings. The maximum Gasteiger partial charge on any atom is 0.251 e. The third-order valence-electron chi connectivity index (χ3n) is 3.34. The second kappa shape index (κ2) is 7.11. The molecule has 5 nitrogen and oxygen atoms in total. The fraction of sp³-hybridized carbons (Fsp3) is 0.500. The second-order valence-corrected chi connectivity index (χ2v) is 6.52. The van der Waals surface area contributed by atoms with Gasteiger partial charge in [-0.2, -0.15) is 0 Å². The molecular formula is C16H24ClN3O2. The molecule has 1 atom stereocenters. The van der Waals surface area contributed by atoms with Crippen LogP contribution < -0.4 is 16.0 Å². The molecule has 2 amide bonds. The van der Waals surface area contributed by atoms with Gasteiger partial charge in [0.25, 0.3) is 5.91 Å². The van der Waals surface area contributed by atoms with E-state index in [4.69, 9.17) is 0 Å². The molecule has 0 saturated carbocycles. The fourth-order valence-corrected chi connectivity index (χ4v) is 2.26. The van der Waals surface area contributed by atoms with E-state index in [-0.39, 0.29) is 29.8 Å². The standard InChI is InChI=1S/C16H23N3O2.ClH/c1-10(14(20)19-16(2,3)4)18-15(21)11-5-6-12-8-17-9-13(12)7-11;/h5-7,10,17H,8-9H2,1-4H3,(H,18,21)(H,19,20);1H. The zero-order chi connectivity index (χ0) is 15.6. The van der Waals surface area contributed by atoms with Gasteiger partial charge in [0.05, 0.1) is 0 Å². The molecule has 122 valence electrons. The zero-order valence-electron chi connectivity index (χ0n) is 13.4. The van der Waals surface area contributed by atoms with Gasteiger partial charge in [-0.25, -0.2) is 0 Å². The Morgan fingerprint density at radius 3 is 2.45 bits per heavy atom. The Morgan fingerprint density at radius 1 is 1.18 bits per heavy atom. The summed E-state index contributed by atoms with van der Waals surface area (Å²) < 4.78 is 0. The molecule has 0 aromatic heterocycles. The summed E-state index contributed by atoms with van der Waals surface area (Å²) in [6.07, 6.45) is 0. The van der Waals surface area contributed by atoms with Crippen molar-refractivity contribution < 1.29 is 9.59 Å². The maximum atomic E-state index is 12.2. The van der Waals surface area contributed by atoms with Crippen LogP contribution in [0, 0.1) is 0 Å². The summed E-state index contributed by atoms with van der Waals surface area (Å²) in [6, 6.07) is 5.08. The number of amides is 2. The number of nitrogens with one attached hydrogen (secondary N) is 3. The van der Waals surface area contributed by atoms with Gasteiger partial charge in [-0.1, -0.05) is 6.07 Å². The molecule has 0 bridgehead atoms. The number of fused-ring (bicyclic) bond motifs is 1. The van der Waals surface area contributed by atoms with Crippen molar-refractivity contribution in [2.45, 2.75) is 52.4 Å². The van der Waals surface area contributed by atoms with Crippen molar-refractivity contribution in [3.63, 3.8) is 0 Å². The number of carbonyl (C=O) groups excluding carboxylic acids is 2. The summed E-state index contributed by atoms with van der Waals surface area (Å²) in [5, 5.41) is 8.83. The summed E-state index contributed by atoms with van der Waals surface area (Å²) in [5.74, 6) is -0.403. The molecule has 1 aliphatic heterocycles. The van der Waals surface area contributed by atoms with Crippen molar-refractivity contribution in [2.24, 2.45) is 0 Å². The molecule has 6 heteroatoms. The molecule has 0 saturated heterocycles. The highest BCUT2D eigenvalue weighted by Crippen LogP contribution is 2.17. The summed E-state index contributed by atoms with van der Waals surface area (Å²) in [5.41, 5.74) is 2.65. The number of rotatable bonds is 3. The lowest BCUT2D eigenvalue weighted by molar-refractivity contribution is -0.124. The highest BCUT2D eigenvalue weighted by Gasteiger charge is 2.21. The Kier molecular flexibility index (Phi) is 5.97. The van der Waals surface area contributed by atoms with Crippen molar-refractivity contribution >= 4 is 24.2 Å². The average Bonchev–Trinajstić information content (AvgIpc) is 2.83. The highest BCUT2D eigenvalue weighted by molar-refractivity contribution is 5.97. The highest BCUT2D eigenvalue weighted by atomic mass is 35.5. The third-order valence-corrected chi connectivity index (χ3v) is 3.34. The Morgan fingerprint density at radius 2 is 1.82 bits per heavy atom. The monoisotopic (exact) mass is 325 g/mol. The van der Waals surface area contributed by atoms with Crippen molar-refractivity contribution in [3.05, 3.63) is 34.9 Å². The first-order valence-corrected chi connectivity index (χ1v) is 7.22. The van der Waals surface area contributed by atoms with Gasteiger partial charge in [-0.05, 0) is 51.0 Å². The van der Waals surface area contributed by atoms with Crippen LogP contribution in [0.5, 0.6) is 0 Å². The summed E-state index contributed by atoms with van der Waals surface area (Å²) in [4.78, 5) is 24.2. The Labute approximate surface area is 137 Å². The quantitative estimate of drug-likeness (QED) is 0.793. The predicted molar refractivity (Wildman–Crippen MR) is 89.1 cm³/mol. The van der Waals surface area contributed by atoms with Crippen molar-refractivity contribution in [1.29, 1.82) is 0 Å². The first-order chi connectivity index (χ1) is 9.76. The van der Waals surface area contributed by atoms with E-state index < -0.39 is 6.04 Å². The topological polar surface area (TPSA) is 70.2 Å². The number of benzene rings is 1. The van der Waals surface area contributed by atoms with Crippen LogP contribution in [0.25, 0.3) is 0 Å². The molecule has 2 rings (SSSR count). The molecule has 22 heavy (non-hydrogen) atoms. The SMILES string of the molecule is CC(NC(=O)c1ccc2c(c1)CNC2)C(=O)NC(C)(C)C.Cl. The van der Waals surface area contributed by atoms with Crippen LogP contribution in [0.1, 0.15) is 49.2 Å². The van der Waals surface area contributed by atoms with Crippen LogP contribution in [0.3, 0.4) is 0 Å². The van der Waals surface area contributed by atoms with E-state index in [1.54, 1.807) is 13.0 Å². The van der Waals surface area contributed by atoms with Crippen LogP contribution in [0.15, 0.2) is 18.2 Å². The van der Waals surface area contributed by atoms with Crippen LogP contribution in [-0.4, -0.2) is 23.4 Å². The Hall–Kier alpha value is -1.59. The van der Waals surface area contributed by atoms with Crippen LogP contribution in [-0.2, 0) is 17.9 Å². The lowest BCUT2D eigenvalue weighted by Crippen LogP contribution is -2.50. The minimum absolute atomic E-state index is 0. The van der Waals surface area contributed by atoms with Gasteiger partial charge in [-0.15, -0.1) is 12.4 Å². The van der Waals surface area contributed by atoms with Gasteiger partial charge in [0.15, 0.2) is 0 Å². The first-order valence-electron chi connectivity index (χ1n) is 7.22. The number of hydrogen-bond donors (Lipinski definition) is 3. The summed E-state index contributed by atoms with van der Waals surface area (Å²) in [6.45, 7) is 9.05. The van der Waals surface area contributed by atoms with Gasteiger partial charge in [0.1, 0.15) is 6.04 Å². The summed E-state index contributed by atoms with van der Waals surface area (Å²) >= 11 is 0.